The Hall–Kier alpha value is -1.30. The molecule has 0 radical (unpaired) electrons. The number of hydrogen-bond donors (Lipinski definition) is 3. The molecule has 0 saturated carbocycles. The van der Waals surface area contributed by atoms with E-state index in [1.807, 2.05) is 11.8 Å². The molecule has 0 bridgehead atoms. The Labute approximate surface area is 102 Å². The molecule has 98 valence electrons. The quantitative estimate of drug-likeness (QED) is 0.627. The van der Waals surface area contributed by atoms with E-state index in [0.717, 1.165) is 25.8 Å². The lowest BCUT2D eigenvalue weighted by Crippen LogP contribution is -2.52. The molecular weight excluding hydrogens is 220 g/mol. The van der Waals surface area contributed by atoms with Crippen LogP contribution in [0, 0.1) is 5.92 Å². The molecule has 6 nitrogen and oxygen atoms in total. The maximum Gasteiger partial charge on any atom is 0.312 e. The summed E-state index contributed by atoms with van der Waals surface area (Å²) in [4.78, 5) is 24.6. The summed E-state index contributed by atoms with van der Waals surface area (Å²) in [5, 5.41) is 2.57. The van der Waals surface area contributed by atoms with Crippen molar-refractivity contribution in [2.75, 3.05) is 19.6 Å². The number of rotatable bonds is 4. The Balaban J connectivity index is 2.58. The highest BCUT2D eigenvalue weighted by Gasteiger charge is 2.28. The van der Waals surface area contributed by atoms with Gasteiger partial charge in [0.2, 0.25) is 5.91 Å². The molecule has 2 unspecified atom stereocenters. The third kappa shape index (κ3) is 3.89. The van der Waals surface area contributed by atoms with Gasteiger partial charge < -0.3 is 21.7 Å². The molecule has 1 rings (SSSR count). The van der Waals surface area contributed by atoms with Gasteiger partial charge in [0.1, 0.15) is 0 Å². The second-order valence-corrected chi connectivity index (χ2v) is 4.56. The van der Waals surface area contributed by atoms with Crippen LogP contribution in [-0.2, 0) is 4.79 Å². The number of urea groups is 1. The number of carbonyl (C=O) groups excluding carboxylic acids is 2. The number of nitrogens with one attached hydrogen (secondary N) is 1. The smallest absolute Gasteiger partial charge is 0.312 e. The minimum atomic E-state index is -0.546. The Kier molecular flexibility index (Phi) is 5.21. The number of nitrogens with two attached hydrogens (primary N) is 2. The van der Waals surface area contributed by atoms with Crippen LogP contribution >= 0.6 is 0 Å². The predicted molar refractivity (Wildman–Crippen MR) is 65.2 cm³/mol. The minimum Gasteiger partial charge on any atom is -0.352 e. The highest BCUT2D eigenvalue weighted by atomic mass is 16.2. The maximum absolute atomic E-state index is 12.1. The SMILES string of the molecule is CC(CN)C(=O)N1CCCCC1CNC(N)=O. The summed E-state index contributed by atoms with van der Waals surface area (Å²) < 4.78 is 0. The first kappa shape index (κ1) is 13.8. The van der Waals surface area contributed by atoms with E-state index in [1.54, 1.807) is 0 Å². The van der Waals surface area contributed by atoms with Crippen molar-refractivity contribution in [3.63, 3.8) is 0 Å². The molecule has 1 aliphatic heterocycles. The van der Waals surface area contributed by atoms with Crippen LogP contribution in [0.5, 0.6) is 0 Å². The van der Waals surface area contributed by atoms with E-state index >= 15 is 0 Å². The van der Waals surface area contributed by atoms with Crippen molar-refractivity contribution in [1.82, 2.24) is 10.2 Å². The number of hydrogen-bond acceptors (Lipinski definition) is 3. The molecule has 0 aromatic rings. The third-order valence-corrected chi connectivity index (χ3v) is 3.20. The zero-order valence-electron chi connectivity index (χ0n) is 10.3. The van der Waals surface area contributed by atoms with Gasteiger partial charge in [-0.15, -0.1) is 0 Å². The average molecular weight is 242 g/mol. The van der Waals surface area contributed by atoms with E-state index in [2.05, 4.69) is 5.32 Å². The first-order chi connectivity index (χ1) is 8.06. The van der Waals surface area contributed by atoms with Crippen LogP contribution in [0.1, 0.15) is 26.2 Å². The Morgan fingerprint density at radius 1 is 1.47 bits per heavy atom. The van der Waals surface area contributed by atoms with Crippen LogP contribution in [0.2, 0.25) is 0 Å². The van der Waals surface area contributed by atoms with E-state index in [9.17, 15) is 9.59 Å². The van der Waals surface area contributed by atoms with E-state index < -0.39 is 6.03 Å². The monoisotopic (exact) mass is 242 g/mol. The molecule has 0 aromatic heterocycles. The number of likely N-dealkylation sites (tertiary alicyclic amines) is 1. The Morgan fingerprint density at radius 2 is 2.18 bits per heavy atom. The van der Waals surface area contributed by atoms with Crippen molar-refractivity contribution < 1.29 is 9.59 Å². The minimum absolute atomic E-state index is 0.0535. The van der Waals surface area contributed by atoms with Crippen LogP contribution in [0.25, 0.3) is 0 Å². The lowest BCUT2D eigenvalue weighted by molar-refractivity contribution is -0.138. The zero-order valence-corrected chi connectivity index (χ0v) is 10.3. The molecule has 1 fully saturated rings. The van der Waals surface area contributed by atoms with Gasteiger partial charge in [-0.1, -0.05) is 6.92 Å². The molecule has 2 atom stereocenters. The van der Waals surface area contributed by atoms with Crippen LogP contribution in [-0.4, -0.2) is 42.5 Å². The predicted octanol–water partition coefficient (Wildman–Crippen LogP) is -0.369. The van der Waals surface area contributed by atoms with E-state index in [1.165, 1.54) is 0 Å². The van der Waals surface area contributed by atoms with Gasteiger partial charge in [0.25, 0.3) is 0 Å². The molecule has 0 aromatic carbocycles. The third-order valence-electron chi connectivity index (χ3n) is 3.20. The Bertz CT molecular complexity index is 283. The van der Waals surface area contributed by atoms with Crippen molar-refractivity contribution in [1.29, 1.82) is 0 Å². The first-order valence-corrected chi connectivity index (χ1v) is 6.10. The van der Waals surface area contributed by atoms with Gasteiger partial charge in [-0.25, -0.2) is 4.79 Å². The highest BCUT2D eigenvalue weighted by molar-refractivity contribution is 5.79. The van der Waals surface area contributed by atoms with Gasteiger partial charge in [-0.05, 0) is 19.3 Å². The van der Waals surface area contributed by atoms with Gasteiger partial charge in [0, 0.05) is 31.6 Å². The van der Waals surface area contributed by atoms with E-state index in [4.69, 9.17) is 11.5 Å². The maximum atomic E-state index is 12.1. The van der Waals surface area contributed by atoms with Crippen molar-refractivity contribution in [3.05, 3.63) is 0 Å². The summed E-state index contributed by atoms with van der Waals surface area (Å²) >= 11 is 0. The molecule has 5 N–H and O–H groups in total. The van der Waals surface area contributed by atoms with E-state index in [-0.39, 0.29) is 17.9 Å². The first-order valence-electron chi connectivity index (χ1n) is 6.10. The summed E-state index contributed by atoms with van der Waals surface area (Å²) in [6.45, 7) is 3.35. The highest BCUT2D eigenvalue weighted by Crippen LogP contribution is 2.18. The standard InChI is InChI=1S/C11H22N4O2/c1-8(6-12)10(16)15-5-3-2-4-9(15)7-14-11(13)17/h8-9H,2-7,12H2,1H3,(H3,13,14,17). The number of primary amides is 1. The summed E-state index contributed by atoms with van der Waals surface area (Å²) in [6.07, 6.45) is 2.99. The van der Waals surface area contributed by atoms with Crippen LogP contribution in [0.4, 0.5) is 4.79 Å². The topological polar surface area (TPSA) is 101 Å². The molecular formula is C11H22N4O2. The van der Waals surface area contributed by atoms with Gasteiger partial charge in [0.15, 0.2) is 0 Å². The second-order valence-electron chi connectivity index (χ2n) is 4.56. The number of nitrogens with zero attached hydrogens (tertiary/aromatic N) is 1. The summed E-state index contributed by atoms with van der Waals surface area (Å²) in [5.41, 5.74) is 10.6. The van der Waals surface area contributed by atoms with Crippen LogP contribution < -0.4 is 16.8 Å². The second kappa shape index (κ2) is 6.44. The molecule has 0 aliphatic carbocycles. The molecule has 0 spiro atoms. The fourth-order valence-electron chi connectivity index (χ4n) is 2.11. The fourth-order valence-corrected chi connectivity index (χ4v) is 2.11. The van der Waals surface area contributed by atoms with Crippen LogP contribution in [0.15, 0.2) is 0 Å². The fraction of sp³-hybridized carbons (Fsp3) is 0.818. The van der Waals surface area contributed by atoms with Crippen molar-refractivity contribution >= 4 is 11.9 Å². The molecule has 1 saturated heterocycles. The molecule has 3 amide bonds. The van der Waals surface area contributed by atoms with Crippen molar-refractivity contribution in [2.45, 2.75) is 32.2 Å². The van der Waals surface area contributed by atoms with Gasteiger partial charge in [0.05, 0.1) is 0 Å². The lowest BCUT2D eigenvalue weighted by Gasteiger charge is -2.37. The summed E-state index contributed by atoms with van der Waals surface area (Å²) in [5.74, 6) is -0.0901. The molecule has 17 heavy (non-hydrogen) atoms. The van der Waals surface area contributed by atoms with Crippen molar-refractivity contribution in [2.24, 2.45) is 17.4 Å². The average Bonchev–Trinajstić information content (AvgIpc) is 2.34. The number of piperidine rings is 1. The Morgan fingerprint density at radius 3 is 2.76 bits per heavy atom. The van der Waals surface area contributed by atoms with Gasteiger partial charge in [-0.2, -0.15) is 0 Å². The number of carbonyl (C=O) groups is 2. The zero-order chi connectivity index (χ0) is 12.8. The van der Waals surface area contributed by atoms with Gasteiger partial charge in [-0.3, -0.25) is 4.79 Å². The molecule has 1 aliphatic rings. The molecule has 1 heterocycles. The normalized spacial score (nSPS) is 22.0. The van der Waals surface area contributed by atoms with Crippen molar-refractivity contribution in [3.8, 4) is 0 Å². The number of amides is 3. The summed E-state index contributed by atoms with van der Waals surface area (Å²) in [7, 11) is 0. The van der Waals surface area contributed by atoms with Crippen LogP contribution in [0.3, 0.4) is 0 Å². The van der Waals surface area contributed by atoms with Gasteiger partial charge >= 0.3 is 6.03 Å². The molecule has 6 heteroatoms. The summed E-state index contributed by atoms with van der Waals surface area (Å²) in [6, 6.07) is -0.493. The largest absolute Gasteiger partial charge is 0.352 e. The van der Waals surface area contributed by atoms with E-state index in [0.29, 0.717) is 13.1 Å². The lowest BCUT2D eigenvalue weighted by atomic mass is 9.99.